The maximum atomic E-state index is 9.23. The molecule has 0 saturated heterocycles. The molecule has 0 bridgehead atoms. The third-order valence-electron chi connectivity index (χ3n) is 1.95. The lowest BCUT2D eigenvalue weighted by molar-refractivity contribution is 0.378. The molecule has 1 heterocycles. The van der Waals surface area contributed by atoms with Gasteiger partial charge in [0.25, 0.3) is 0 Å². The number of hydrogen-bond donors (Lipinski definition) is 2. The molecule has 0 atom stereocenters. The van der Waals surface area contributed by atoms with Crippen LogP contribution >= 0.6 is 0 Å². The Balaban J connectivity index is 2.42. The van der Waals surface area contributed by atoms with Gasteiger partial charge in [0, 0.05) is 6.08 Å². The Bertz CT molecular complexity index is 236. The van der Waals surface area contributed by atoms with E-state index in [0.717, 1.165) is 18.6 Å². The summed E-state index contributed by atoms with van der Waals surface area (Å²) in [4.78, 5) is 0. The highest BCUT2D eigenvalue weighted by molar-refractivity contribution is 5.95. The van der Waals surface area contributed by atoms with E-state index in [4.69, 9.17) is 0 Å². The number of hydrogen-bond acceptors (Lipinski definition) is 3. The molecule has 13 heavy (non-hydrogen) atoms. The van der Waals surface area contributed by atoms with Crippen molar-refractivity contribution in [2.75, 3.05) is 6.54 Å². The summed E-state index contributed by atoms with van der Waals surface area (Å²) in [5, 5.41) is 13.3. The molecule has 2 N–H and O–H groups in total. The van der Waals surface area contributed by atoms with Gasteiger partial charge in [-0.2, -0.15) is 5.10 Å². The Morgan fingerprint density at radius 2 is 2.23 bits per heavy atom. The summed E-state index contributed by atoms with van der Waals surface area (Å²) in [6.07, 6.45) is 3.75. The number of allylic oxidation sites excluding steroid dienone is 1. The molecule has 0 aliphatic carbocycles. The maximum absolute atomic E-state index is 9.23. The van der Waals surface area contributed by atoms with E-state index < -0.39 is 0 Å². The first kappa shape index (κ1) is 10.1. The van der Waals surface area contributed by atoms with Gasteiger partial charge < -0.3 is 10.5 Å². The van der Waals surface area contributed by atoms with Gasteiger partial charge in [0.05, 0.1) is 12.3 Å². The zero-order valence-corrected chi connectivity index (χ0v) is 8.59. The van der Waals surface area contributed by atoms with E-state index in [1.54, 1.807) is 6.08 Å². The fourth-order valence-corrected chi connectivity index (χ4v) is 1.13. The molecule has 1 aliphatic heterocycles. The van der Waals surface area contributed by atoms with Gasteiger partial charge in [-0.05, 0) is 18.3 Å². The second kappa shape index (κ2) is 3.81. The smallest absolute Gasteiger partial charge is 0.115 e. The Labute approximate surface area is 79.5 Å². The van der Waals surface area contributed by atoms with Gasteiger partial charge >= 0.3 is 0 Å². The van der Waals surface area contributed by atoms with E-state index in [0.29, 0.717) is 17.7 Å². The Morgan fingerprint density at radius 1 is 1.54 bits per heavy atom. The summed E-state index contributed by atoms with van der Waals surface area (Å²) < 4.78 is 0. The van der Waals surface area contributed by atoms with Gasteiger partial charge in [-0.3, -0.25) is 0 Å². The molecule has 0 aromatic heterocycles. The van der Waals surface area contributed by atoms with Gasteiger partial charge in [0.15, 0.2) is 0 Å². The van der Waals surface area contributed by atoms with Gasteiger partial charge in [-0.15, -0.1) is 0 Å². The molecule has 0 spiro atoms. The van der Waals surface area contributed by atoms with E-state index in [2.05, 4.69) is 31.3 Å². The number of aliphatic hydroxyl groups excluding tert-OH is 1. The summed E-state index contributed by atoms with van der Waals surface area (Å²) in [6, 6.07) is 0. The molecule has 0 aromatic carbocycles. The third kappa shape index (κ3) is 3.97. The Kier molecular flexibility index (Phi) is 2.96. The summed E-state index contributed by atoms with van der Waals surface area (Å²) >= 11 is 0. The molecule has 1 rings (SSSR count). The van der Waals surface area contributed by atoms with Crippen LogP contribution < -0.4 is 5.43 Å². The topological polar surface area (TPSA) is 44.6 Å². The van der Waals surface area contributed by atoms with Gasteiger partial charge in [-0.1, -0.05) is 20.8 Å². The summed E-state index contributed by atoms with van der Waals surface area (Å²) in [6.45, 7) is 7.06. The molecule has 74 valence electrons. The Morgan fingerprint density at radius 3 is 2.77 bits per heavy atom. The van der Waals surface area contributed by atoms with Crippen molar-refractivity contribution in [3.05, 3.63) is 11.8 Å². The summed E-state index contributed by atoms with van der Waals surface area (Å²) in [5.74, 6) is 0.374. The largest absolute Gasteiger partial charge is 0.510 e. The quantitative estimate of drug-likeness (QED) is 0.687. The predicted octanol–water partition coefficient (Wildman–Crippen LogP) is 2.21. The average molecular weight is 182 g/mol. The minimum atomic E-state index is 0.323. The van der Waals surface area contributed by atoms with Crippen LogP contribution in [0.2, 0.25) is 0 Å². The monoisotopic (exact) mass is 182 g/mol. The van der Waals surface area contributed by atoms with Crippen molar-refractivity contribution in [1.29, 1.82) is 0 Å². The standard InChI is InChI=1S/C10H18N2O/c1-10(2,3)5-4-8-6-9(13)7-11-12-8/h6,11,13H,4-5,7H2,1-3H3. The Hall–Kier alpha value is -0.990. The number of rotatable bonds is 2. The van der Waals surface area contributed by atoms with Gasteiger partial charge in [0.2, 0.25) is 0 Å². The van der Waals surface area contributed by atoms with Gasteiger partial charge in [0.1, 0.15) is 5.76 Å². The highest BCUT2D eigenvalue weighted by Crippen LogP contribution is 2.21. The summed E-state index contributed by atoms with van der Waals surface area (Å²) in [7, 11) is 0. The van der Waals surface area contributed by atoms with Crippen LogP contribution in [0.25, 0.3) is 0 Å². The van der Waals surface area contributed by atoms with Crippen LogP contribution in [-0.2, 0) is 0 Å². The maximum Gasteiger partial charge on any atom is 0.115 e. The molecule has 0 radical (unpaired) electrons. The molecule has 0 amide bonds. The predicted molar refractivity (Wildman–Crippen MR) is 54.8 cm³/mol. The van der Waals surface area contributed by atoms with Crippen LogP contribution in [0.5, 0.6) is 0 Å². The van der Waals surface area contributed by atoms with E-state index in [-0.39, 0.29) is 0 Å². The van der Waals surface area contributed by atoms with Crippen LogP contribution in [0.15, 0.2) is 16.9 Å². The first-order chi connectivity index (χ1) is 5.97. The number of aliphatic hydroxyl groups is 1. The van der Waals surface area contributed by atoms with Crippen molar-refractivity contribution < 1.29 is 5.11 Å². The lowest BCUT2D eigenvalue weighted by Crippen LogP contribution is -2.20. The molecule has 1 aliphatic rings. The summed E-state index contributed by atoms with van der Waals surface area (Å²) in [5.41, 5.74) is 4.06. The lowest BCUT2D eigenvalue weighted by atomic mass is 9.89. The third-order valence-corrected chi connectivity index (χ3v) is 1.95. The molecule has 0 unspecified atom stereocenters. The highest BCUT2D eigenvalue weighted by Gasteiger charge is 2.12. The fraction of sp³-hybridized carbons (Fsp3) is 0.700. The SMILES string of the molecule is CC(C)(C)CCC1=NNCC(O)=C1. The molecule has 3 nitrogen and oxygen atoms in total. The molecular formula is C10H18N2O. The zero-order chi connectivity index (χ0) is 9.90. The molecule has 0 fully saturated rings. The van der Waals surface area contributed by atoms with Crippen LogP contribution in [0.4, 0.5) is 0 Å². The second-order valence-electron chi connectivity index (χ2n) is 4.63. The number of hydrazone groups is 1. The van der Waals surface area contributed by atoms with Crippen molar-refractivity contribution in [2.24, 2.45) is 10.5 Å². The van der Waals surface area contributed by atoms with Crippen molar-refractivity contribution >= 4 is 5.71 Å². The fourth-order valence-electron chi connectivity index (χ4n) is 1.13. The highest BCUT2D eigenvalue weighted by atomic mass is 16.3. The average Bonchev–Trinajstić information content (AvgIpc) is 2.00. The minimum absolute atomic E-state index is 0.323. The van der Waals surface area contributed by atoms with Crippen molar-refractivity contribution in [3.8, 4) is 0 Å². The minimum Gasteiger partial charge on any atom is -0.510 e. The molecular weight excluding hydrogens is 164 g/mol. The van der Waals surface area contributed by atoms with Crippen LogP contribution in [0, 0.1) is 5.41 Å². The van der Waals surface area contributed by atoms with Gasteiger partial charge in [-0.25, -0.2) is 0 Å². The number of nitrogens with zero attached hydrogens (tertiary/aromatic N) is 1. The van der Waals surface area contributed by atoms with Crippen molar-refractivity contribution in [2.45, 2.75) is 33.6 Å². The first-order valence-corrected chi connectivity index (χ1v) is 4.66. The van der Waals surface area contributed by atoms with Crippen LogP contribution in [-0.4, -0.2) is 17.4 Å². The van der Waals surface area contributed by atoms with Crippen LogP contribution in [0.1, 0.15) is 33.6 Å². The molecule has 3 heteroatoms. The molecule has 0 saturated carbocycles. The second-order valence-corrected chi connectivity index (χ2v) is 4.63. The van der Waals surface area contributed by atoms with Crippen molar-refractivity contribution in [3.63, 3.8) is 0 Å². The molecule has 0 aromatic rings. The first-order valence-electron chi connectivity index (χ1n) is 4.66. The van der Waals surface area contributed by atoms with Crippen molar-refractivity contribution in [1.82, 2.24) is 5.43 Å². The zero-order valence-electron chi connectivity index (χ0n) is 8.59. The van der Waals surface area contributed by atoms with E-state index in [1.807, 2.05) is 0 Å². The van der Waals surface area contributed by atoms with E-state index in [1.165, 1.54) is 0 Å². The lowest BCUT2D eigenvalue weighted by Gasteiger charge is -2.18. The normalized spacial score (nSPS) is 17.5. The van der Waals surface area contributed by atoms with E-state index in [9.17, 15) is 5.11 Å². The number of nitrogens with one attached hydrogen (secondary N) is 1. The van der Waals surface area contributed by atoms with Crippen LogP contribution in [0.3, 0.4) is 0 Å². The van der Waals surface area contributed by atoms with E-state index >= 15 is 0 Å².